The number of cyclic esters (lactones) is 2. The van der Waals surface area contributed by atoms with E-state index in [1.165, 1.54) is 4.90 Å². The lowest BCUT2D eigenvalue weighted by molar-refractivity contribution is -0.136. The van der Waals surface area contributed by atoms with E-state index in [4.69, 9.17) is 18.6 Å². The molecule has 1 amide bonds. The van der Waals surface area contributed by atoms with Gasteiger partial charge in [-0.15, -0.1) is 0 Å². The molecule has 2 aromatic carbocycles. The average Bonchev–Trinajstić information content (AvgIpc) is 3.32. The van der Waals surface area contributed by atoms with Crippen molar-refractivity contribution in [1.82, 2.24) is 9.88 Å². The standard InChI is InChI=1S/C25H26N2O6/c1-4-13-27-22(24(28)33-25(27)29)18-11-12-20(21(14-18)30-5-2)31-15-19-16(3)32-23(26-19)17-9-7-6-8-10-17/h6-12,14,22H,4-5,13,15H2,1-3H3. The second-order valence-corrected chi connectivity index (χ2v) is 7.60. The number of rotatable bonds is 9. The van der Waals surface area contributed by atoms with Crippen molar-refractivity contribution in [1.29, 1.82) is 0 Å². The Morgan fingerprint density at radius 3 is 2.55 bits per heavy atom. The Hall–Kier alpha value is -3.81. The first kappa shape index (κ1) is 22.4. The predicted molar refractivity (Wildman–Crippen MR) is 120 cm³/mol. The summed E-state index contributed by atoms with van der Waals surface area (Å²) in [5.74, 6) is 1.60. The number of carbonyl (C=O) groups excluding carboxylic acids is 2. The molecule has 3 aromatic rings. The smallest absolute Gasteiger partial charge is 0.418 e. The molecule has 172 valence electrons. The van der Waals surface area contributed by atoms with Crippen LogP contribution in [0, 0.1) is 6.92 Å². The number of amides is 1. The lowest BCUT2D eigenvalue weighted by Gasteiger charge is -2.20. The Kier molecular flexibility index (Phi) is 6.63. The molecule has 4 rings (SSSR count). The zero-order chi connectivity index (χ0) is 23.4. The minimum absolute atomic E-state index is 0.188. The number of hydrogen-bond acceptors (Lipinski definition) is 7. The third-order valence-corrected chi connectivity index (χ3v) is 5.28. The van der Waals surface area contributed by atoms with Crippen molar-refractivity contribution in [3.63, 3.8) is 0 Å². The molecule has 0 aliphatic carbocycles. The van der Waals surface area contributed by atoms with Crippen LogP contribution in [0.4, 0.5) is 4.79 Å². The maximum absolute atomic E-state index is 12.3. The third kappa shape index (κ3) is 4.69. The van der Waals surface area contributed by atoms with Crippen molar-refractivity contribution in [3.8, 4) is 23.0 Å². The molecular weight excluding hydrogens is 424 g/mol. The van der Waals surface area contributed by atoms with E-state index in [0.29, 0.717) is 54.0 Å². The van der Waals surface area contributed by atoms with Gasteiger partial charge in [-0.3, -0.25) is 4.90 Å². The van der Waals surface area contributed by atoms with Gasteiger partial charge in [-0.05, 0) is 50.1 Å². The lowest BCUT2D eigenvalue weighted by atomic mass is 10.1. The summed E-state index contributed by atoms with van der Waals surface area (Å²) in [5.41, 5.74) is 2.18. The van der Waals surface area contributed by atoms with Gasteiger partial charge in [0.25, 0.3) is 0 Å². The fraction of sp³-hybridized carbons (Fsp3) is 0.320. The molecule has 1 aliphatic rings. The fourth-order valence-corrected chi connectivity index (χ4v) is 3.71. The Balaban J connectivity index is 1.55. The van der Waals surface area contributed by atoms with Gasteiger partial charge in [0.2, 0.25) is 5.89 Å². The Morgan fingerprint density at radius 1 is 1.03 bits per heavy atom. The van der Waals surface area contributed by atoms with Crippen molar-refractivity contribution in [2.24, 2.45) is 0 Å². The van der Waals surface area contributed by atoms with Crippen molar-refractivity contribution >= 4 is 12.1 Å². The first-order valence-corrected chi connectivity index (χ1v) is 10.9. The molecule has 1 saturated heterocycles. The predicted octanol–water partition coefficient (Wildman–Crippen LogP) is 5.06. The lowest BCUT2D eigenvalue weighted by Crippen LogP contribution is -2.29. The molecule has 1 atom stereocenters. The van der Waals surface area contributed by atoms with Crippen LogP contribution in [0.3, 0.4) is 0 Å². The van der Waals surface area contributed by atoms with Crippen LogP contribution in [-0.2, 0) is 16.1 Å². The van der Waals surface area contributed by atoms with E-state index in [2.05, 4.69) is 4.98 Å². The number of ether oxygens (including phenoxy) is 3. The van der Waals surface area contributed by atoms with Crippen LogP contribution in [0.25, 0.3) is 11.5 Å². The first-order valence-electron chi connectivity index (χ1n) is 10.9. The van der Waals surface area contributed by atoms with Crippen molar-refractivity contribution in [2.75, 3.05) is 13.2 Å². The van der Waals surface area contributed by atoms with Gasteiger partial charge in [0.05, 0.1) is 6.61 Å². The van der Waals surface area contributed by atoms with Gasteiger partial charge >= 0.3 is 12.1 Å². The quantitative estimate of drug-likeness (QED) is 0.332. The molecule has 33 heavy (non-hydrogen) atoms. The zero-order valence-corrected chi connectivity index (χ0v) is 18.9. The van der Waals surface area contributed by atoms with Crippen LogP contribution >= 0.6 is 0 Å². The summed E-state index contributed by atoms with van der Waals surface area (Å²) in [7, 11) is 0. The first-order chi connectivity index (χ1) is 16.0. The highest BCUT2D eigenvalue weighted by Gasteiger charge is 2.41. The van der Waals surface area contributed by atoms with Gasteiger partial charge < -0.3 is 18.6 Å². The van der Waals surface area contributed by atoms with Gasteiger partial charge in [0.15, 0.2) is 17.5 Å². The molecule has 0 bridgehead atoms. The summed E-state index contributed by atoms with van der Waals surface area (Å²) >= 11 is 0. The summed E-state index contributed by atoms with van der Waals surface area (Å²) in [4.78, 5) is 30.3. The van der Waals surface area contributed by atoms with Gasteiger partial charge in [-0.2, -0.15) is 0 Å². The summed E-state index contributed by atoms with van der Waals surface area (Å²) < 4.78 is 22.4. The number of oxazole rings is 1. The molecule has 1 unspecified atom stereocenters. The molecule has 0 saturated carbocycles. The minimum atomic E-state index is -0.795. The highest BCUT2D eigenvalue weighted by atomic mass is 16.6. The number of carbonyl (C=O) groups is 2. The van der Waals surface area contributed by atoms with Crippen molar-refractivity contribution < 1.29 is 28.2 Å². The zero-order valence-electron chi connectivity index (χ0n) is 18.9. The second-order valence-electron chi connectivity index (χ2n) is 7.60. The van der Waals surface area contributed by atoms with Crippen LogP contribution in [-0.4, -0.2) is 35.1 Å². The number of nitrogens with zero attached hydrogens (tertiary/aromatic N) is 2. The van der Waals surface area contributed by atoms with E-state index < -0.39 is 18.1 Å². The molecule has 0 spiro atoms. The van der Waals surface area contributed by atoms with E-state index >= 15 is 0 Å². The average molecular weight is 450 g/mol. The topological polar surface area (TPSA) is 91.1 Å². The van der Waals surface area contributed by atoms with E-state index in [9.17, 15) is 9.59 Å². The van der Waals surface area contributed by atoms with Crippen LogP contribution < -0.4 is 9.47 Å². The molecule has 1 fully saturated rings. The molecule has 2 heterocycles. The van der Waals surface area contributed by atoms with Gasteiger partial charge in [0.1, 0.15) is 18.1 Å². The van der Waals surface area contributed by atoms with Crippen LogP contribution in [0.5, 0.6) is 11.5 Å². The normalized spacial score (nSPS) is 15.6. The number of aryl methyl sites for hydroxylation is 1. The summed E-state index contributed by atoms with van der Waals surface area (Å²) in [6.45, 7) is 6.66. The van der Waals surface area contributed by atoms with Crippen molar-refractivity contribution in [3.05, 3.63) is 65.5 Å². The maximum atomic E-state index is 12.3. The number of esters is 1. The van der Waals surface area contributed by atoms with Gasteiger partial charge in [-0.1, -0.05) is 31.2 Å². The van der Waals surface area contributed by atoms with E-state index in [0.717, 1.165) is 5.56 Å². The molecule has 1 aliphatic heterocycles. The Labute approximate surface area is 192 Å². The van der Waals surface area contributed by atoms with E-state index in [1.807, 2.05) is 51.1 Å². The minimum Gasteiger partial charge on any atom is -0.490 e. The third-order valence-electron chi connectivity index (χ3n) is 5.28. The SMILES string of the molecule is CCCN1C(=O)OC(=O)C1c1ccc(OCc2nc(-c3ccccc3)oc2C)c(OCC)c1. The van der Waals surface area contributed by atoms with Crippen LogP contribution in [0.2, 0.25) is 0 Å². The summed E-state index contributed by atoms with van der Waals surface area (Å²) in [6, 6.07) is 14.1. The Morgan fingerprint density at radius 2 is 1.82 bits per heavy atom. The molecule has 8 heteroatoms. The van der Waals surface area contributed by atoms with Crippen LogP contribution in [0.15, 0.2) is 52.9 Å². The highest BCUT2D eigenvalue weighted by Crippen LogP contribution is 2.36. The highest BCUT2D eigenvalue weighted by molar-refractivity contribution is 5.96. The monoisotopic (exact) mass is 450 g/mol. The van der Waals surface area contributed by atoms with Gasteiger partial charge in [-0.25, -0.2) is 14.6 Å². The molecule has 8 nitrogen and oxygen atoms in total. The van der Waals surface area contributed by atoms with E-state index in [1.54, 1.807) is 18.2 Å². The molecule has 0 N–H and O–H groups in total. The maximum Gasteiger partial charge on any atom is 0.418 e. The molecule has 0 radical (unpaired) electrons. The van der Waals surface area contributed by atoms with Gasteiger partial charge in [0, 0.05) is 12.1 Å². The second kappa shape index (κ2) is 9.77. The van der Waals surface area contributed by atoms with Crippen molar-refractivity contribution in [2.45, 2.75) is 39.8 Å². The largest absolute Gasteiger partial charge is 0.490 e. The Bertz CT molecular complexity index is 1140. The molecule has 1 aromatic heterocycles. The number of benzene rings is 2. The summed E-state index contributed by atoms with van der Waals surface area (Å²) in [6.07, 6.45) is 0.0845. The molecular formula is C25H26N2O6. The number of hydrogen-bond donors (Lipinski definition) is 0. The summed E-state index contributed by atoms with van der Waals surface area (Å²) in [5, 5.41) is 0. The number of aromatic nitrogens is 1. The fourth-order valence-electron chi connectivity index (χ4n) is 3.71. The van der Waals surface area contributed by atoms with Crippen LogP contribution in [0.1, 0.15) is 43.3 Å². The van der Waals surface area contributed by atoms with E-state index in [-0.39, 0.29) is 6.61 Å².